The van der Waals surface area contributed by atoms with Gasteiger partial charge in [0.25, 0.3) is 5.91 Å². The molecule has 0 fully saturated rings. The molecule has 0 unspecified atom stereocenters. The first-order valence-electron chi connectivity index (χ1n) is 12.2. The summed E-state index contributed by atoms with van der Waals surface area (Å²) in [4.78, 5) is 24.9. The Labute approximate surface area is 236 Å². The van der Waals surface area contributed by atoms with Crippen LogP contribution in [-0.4, -0.2) is 27.6 Å². The van der Waals surface area contributed by atoms with Gasteiger partial charge in [-0.15, -0.1) is 0 Å². The highest BCUT2D eigenvalue weighted by atomic mass is 35.5. The second kappa shape index (κ2) is 11.6. The number of halogens is 2. The molecule has 0 bridgehead atoms. The zero-order chi connectivity index (χ0) is 27.4. The smallest absolute Gasteiger partial charge is 0.251 e. The van der Waals surface area contributed by atoms with Gasteiger partial charge in [0.15, 0.2) is 0 Å². The van der Waals surface area contributed by atoms with Crippen molar-refractivity contribution in [3.05, 3.63) is 130 Å². The number of hydrogen-bond acceptors (Lipinski definition) is 3. The van der Waals surface area contributed by atoms with Crippen LogP contribution in [0.3, 0.4) is 0 Å². The Hall–Kier alpha value is -4.39. The SMILES string of the molecule is NC(=O)[C@H](Cc1ccccc1)NC(=O)c1ccc(-c2cc(-c3ccccc3)n(-c3ccc(Cl)c(Cl)c3)n2)cc1. The molecule has 0 saturated carbocycles. The second-order valence-corrected chi connectivity index (χ2v) is 9.80. The summed E-state index contributed by atoms with van der Waals surface area (Å²) < 4.78 is 1.81. The Morgan fingerprint density at radius 3 is 2.10 bits per heavy atom. The summed E-state index contributed by atoms with van der Waals surface area (Å²) in [6.07, 6.45) is 0.314. The number of carbonyl (C=O) groups is 2. The van der Waals surface area contributed by atoms with Crippen LogP contribution in [0.2, 0.25) is 10.0 Å². The molecule has 8 heteroatoms. The highest BCUT2D eigenvalue weighted by molar-refractivity contribution is 6.42. The number of nitrogens with zero attached hydrogens (tertiary/aromatic N) is 2. The van der Waals surface area contributed by atoms with Crippen LogP contribution < -0.4 is 11.1 Å². The van der Waals surface area contributed by atoms with E-state index in [9.17, 15) is 9.59 Å². The van der Waals surface area contributed by atoms with Crippen molar-refractivity contribution >= 4 is 35.0 Å². The number of nitrogens with one attached hydrogen (secondary N) is 1. The van der Waals surface area contributed by atoms with Crippen LogP contribution in [0.25, 0.3) is 28.2 Å². The number of benzene rings is 4. The van der Waals surface area contributed by atoms with E-state index in [1.807, 2.05) is 89.6 Å². The topological polar surface area (TPSA) is 90.0 Å². The van der Waals surface area contributed by atoms with Crippen molar-refractivity contribution < 1.29 is 9.59 Å². The van der Waals surface area contributed by atoms with Gasteiger partial charge in [-0.3, -0.25) is 9.59 Å². The molecule has 0 aliphatic rings. The van der Waals surface area contributed by atoms with Crippen LogP contribution in [0.15, 0.2) is 109 Å². The Kier molecular flexibility index (Phi) is 7.77. The van der Waals surface area contributed by atoms with Crippen LogP contribution in [0.5, 0.6) is 0 Å². The van der Waals surface area contributed by atoms with Crippen molar-refractivity contribution in [1.82, 2.24) is 15.1 Å². The fourth-order valence-electron chi connectivity index (χ4n) is 4.26. The van der Waals surface area contributed by atoms with E-state index in [1.54, 1.807) is 24.3 Å². The van der Waals surface area contributed by atoms with Gasteiger partial charge >= 0.3 is 0 Å². The van der Waals surface area contributed by atoms with E-state index in [-0.39, 0.29) is 5.91 Å². The molecule has 4 aromatic carbocycles. The number of carbonyl (C=O) groups excluding carboxylic acids is 2. The number of amides is 2. The van der Waals surface area contributed by atoms with E-state index < -0.39 is 11.9 Å². The standard InChI is InChI=1S/C31H24Cl2N4O2/c32-25-16-15-24(18-26(25)33)37-29(22-9-5-2-6-10-22)19-27(36-37)21-11-13-23(14-12-21)31(39)35-28(30(34)38)17-20-7-3-1-4-8-20/h1-16,18-19,28H,17H2,(H2,34,38)(H,35,39)/t28-/m0/s1. The van der Waals surface area contributed by atoms with Crippen LogP contribution >= 0.6 is 23.2 Å². The molecule has 1 aromatic heterocycles. The van der Waals surface area contributed by atoms with E-state index in [0.717, 1.165) is 28.1 Å². The van der Waals surface area contributed by atoms with Gasteiger partial charge in [0.2, 0.25) is 5.91 Å². The van der Waals surface area contributed by atoms with Gasteiger partial charge in [-0.25, -0.2) is 4.68 Å². The molecule has 0 aliphatic heterocycles. The van der Waals surface area contributed by atoms with Crippen molar-refractivity contribution in [2.24, 2.45) is 5.73 Å². The van der Waals surface area contributed by atoms with Crippen LogP contribution in [0, 0.1) is 0 Å². The second-order valence-electron chi connectivity index (χ2n) is 8.99. The third-order valence-corrected chi connectivity index (χ3v) is 7.04. The summed E-state index contributed by atoms with van der Waals surface area (Å²) in [5.41, 5.74) is 11.0. The van der Waals surface area contributed by atoms with E-state index >= 15 is 0 Å². The Morgan fingerprint density at radius 1 is 0.795 bits per heavy atom. The molecule has 0 aliphatic carbocycles. The summed E-state index contributed by atoms with van der Waals surface area (Å²) >= 11 is 12.4. The van der Waals surface area contributed by atoms with E-state index in [1.165, 1.54) is 0 Å². The van der Waals surface area contributed by atoms with Gasteiger partial charge in [-0.05, 0) is 42.0 Å². The minimum Gasteiger partial charge on any atom is -0.368 e. The highest BCUT2D eigenvalue weighted by Gasteiger charge is 2.20. The zero-order valence-electron chi connectivity index (χ0n) is 20.7. The average molecular weight is 555 g/mol. The average Bonchev–Trinajstić information content (AvgIpc) is 3.41. The van der Waals surface area contributed by atoms with Crippen molar-refractivity contribution in [1.29, 1.82) is 0 Å². The first-order valence-corrected chi connectivity index (χ1v) is 13.0. The molecule has 1 heterocycles. The maximum Gasteiger partial charge on any atom is 0.251 e. The number of hydrogen-bond donors (Lipinski definition) is 2. The number of rotatable bonds is 8. The third-order valence-electron chi connectivity index (χ3n) is 6.30. The Bertz CT molecular complexity index is 1620. The van der Waals surface area contributed by atoms with Crippen molar-refractivity contribution in [3.63, 3.8) is 0 Å². The predicted molar refractivity (Wildman–Crippen MR) is 155 cm³/mol. The maximum atomic E-state index is 12.9. The minimum atomic E-state index is -0.824. The largest absolute Gasteiger partial charge is 0.368 e. The van der Waals surface area contributed by atoms with Gasteiger partial charge in [0.05, 0.1) is 27.1 Å². The summed E-state index contributed by atoms with van der Waals surface area (Å²) in [5, 5.41) is 8.49. The lowest BCUT2D eigenvalue weighted by atomic mass is 10.0. The first kappa shape index (κ1) is 26.2. The van der Waals surface area contributed by atoms with Gasteiger partial charge < -0.3 is 11.1 Å². The fraction of sp³-hybridized carbons (Fsp3) is 0.0645. The van der Waals surface area contributed by atoms with Crippen molar-refractivity contribution in [2.45, 2.75) is 12.5 Å². The summed E-state index contributed by atoms with van der Waals surface area (Å²) in [7, 11) is 0. The normalized spacial score (nSPS) is 11.6. The van der Waals surface area contributed by atoms with E-state index in [0.29, 0.717) is 27.7 Å². The molecule has 1 atom stereocenters. The van der Waals surface area contributed by atoms with Crippen molar-refractivity contribution in [2.75, 3.05) is 0 Å². The first-order chi connectivity index (χ1) is 18.9. The molecule has 5 rings (SSSR count). The lowest BCUT2D eigenvalue weighted by molar-refractivity contribution is -0.119. The fourth-order valence-corrected chi connectivity index (χ4v) is 4.55. The molecule has 5 aromatic rings. The van der Waals surface area contributed by atoms with Crippen LogP contribution in [0.1, 0.15) is 15.9 Å². The lowest BCUT2D eigenvalue weighted by Gasteiger charge is -2.15. The molecular weight excluding hydrogens is 531 g/mol. The van der Waals surface area contributed by atoms with Crippen LogP contribution in [0.4, 0.5) is 0 Å². The van der Waals surface area contributed by atoms with Gasteiger partial charge in [0.1, 0.15) is 6.04 Å². The van der Waals surface area contributed by atoms with Crippen molar-refractivity contribution in [3.8, 4) is 28.2 Å². The molecule has 0 spiro atoms. The number of nitrogens with two attached hydrogens (primary N) is 1. The lowest BCUT2D eigenvalue weighted by Crippen LogP contribution is -2.45. The summed E-state index contributed by atoms with van der Waals surface area (Å²) in [6.45, 7) is 0. The van der Waals surface area contributed by atoms with Gasteiger partial charge in [-0.1, -0.05) is 96.0 Å². The monoisotopic (exact) mass is 554 g/mol. The third kappa shape index (κ3) is 6.03. The molecule has 2 amide bonds. The molecule has 194 valence electrons. The van der Waals surface area contributed by atoms with Gasteiger partial charge in [0, 0.05) is 23.1 Å². The molecule has 6 nitrogen and oxygen atoms in total. The number of primary amides is 1. The Morgan fingerprint density at radius 2 is 1.46 bits per heavy atom. The molecule has 0 saturated heterocycles. The molecule has 0 radical (unpaired) electrons. The van der Waals surface area contributed by atoms with Crippen LogP contribution in [-0.2, 0) is 11.2 Å². The minimum absolute atomic E-state index is 0.314. The van der Waals surface area contributed by atoms with Gasteiger partial charge in [-0.2, -0.15) is 5.10 Å². The zero-order valence-corrected chi connectivity index (χ0v) is 22.2. The Balaban J connectivity index is 1.41. The quantitative estimate of drug-likeness (QED) is 0.234. The summed E-state index contributed by atoms with van der Waals surface area (Å²) in [6, 6.07) is 32.9. The highest BCUT2D eigenvalue weighted by Crippen LogP contribution is 2.31. The molecular formula is C31H24Cl2N4O2. The van der Waals surface area contributed by atoms with E-state index in [2.05, 4.69) is 5.32 Å². The summed E-state index contributed by atoms with van der Waals surface area (Å²) in [5.74, 6) is -0.974. The number of aromatic nitrogens is 2. The molecule has 3 N–H and O–H groups in total. The maximum absolute atomic E-state index is 12.9. The van der Waals surface area contributed by atoms with E-state index in [4.69, 9.17) is 34.0 Å². The predicted octanol–water partition coefficient (Wildman–Crippen LogP) is 6.34. The molecule has 39 heavy (non-hydrogen) atoms.